The van der Waals surface area contributed by atoms with Crippen LogP contribution in [0.1, 0.15) is 18.9 Å². The van der Waals surface area contributed by atoms with Crippen molar-refractivity contribution in [2.45, 2.75) is 18.2 Å². The zero-order chi connectivity index (χ0) is 12.9. The second-order valence-corrected chi connectivity index (χ2v) is 6.09. The minimum atomic E-state index is -3.29. The van der Waals surface area contributed by atoms with E-state index in [1.165, 1.54) is 22.6 Å². The topological polar surface area (TPSA) is 66.8 Å². The Morgan fingerprint density at radius 2 is 2.11 bits per heavy atom. The molecule has 0 N–H and O–H groups in total. The van der Waals surface area contributed by atoms with Crippen molar-refractivity contribution >= 4 is 33.2 Å². The van der Waals surface area contributed by atoms with Crippen molar-refractivity contribution < 1.29 is 13.2 Å². The highest BCUT2D eigenvalue weighted by Crippen LogP contribution is 2.31. The molecule has 0 saturated heterocycles. The van der Waals surface area contributed by atoms with Crippen molar-refractivity contribution in [1.82, 2.24) is 0 Å². The number of carbonyl (C=O) groups excluding carboxylic acids is 1. The van der Waals surface area contributed by atoms with Gasteiger partial charge in [-0.2, -0.15) is 5.10 Å². The summed E-state index contributed by atoms with van der Waals surface area (Å²) in [6, 6.07) is 4.77. The number of hydrogen-bond acceptors (Lipinski definition) is 4. The number of carbonyl (C=O) groups is 1. The van der Waals surface area contributed by atoms with E-state index in [0.29, 0.717) is 17.7 Å². The van der Waals surface area contributed by atoms with Crippen LogP contribution in [0, 0.1) is 0 Å². The first-order valence-electron chi connectivity index (χ1n) is 5.42. The molecule has 5 nitrogen and oxygen atoms in total. The maximum absolute atomic E-state index is 11.7. The molecule has 92 valence electrons. The summed E-state index contributed by atoms with van der Waals surface area (Å²) in [6.45, 7) is 1.79. The Morgan fingerprint density at radius 1 is 1.33 bits per heavy atom. The van der Waals surface area contributed by atoms with E-state index in [1.807, 2.05) is 0 Å². The molecule has 3 rings (SSSR count). The SMILES string of the molecule is CC1=NN(c2ccc3c(c2)C=CS3(=O)=O)C(=O)C1. The summed E-state index contributed by atoms with van der Waals surface area (Å²) >= 11 is 0. The van der Waals surface area contributed by atoms with E-state index in [1.54, 1.807) is 19.1 Å². The molecule has 0 saturated carbocycles. The summed E-state index contributed by atoms with van der Waals surface area (Å²) in [4.78, 5) is 12.0. The minimum Gasteiger partial charge on any atom is -0.272 e. The van der Waals surface area contributed by atoms with E-state index >= 15 is 0 Å². The van der Waals surface area contributed by atoms with E-state index in [9.17, 15) is 13.2 Å². The molecule has 0 atom stereocenters. The molecule has 0 unspecified atom stereocenters. The Hall–Kier alpha value is -1.95. The van der Waals surface area contributed by atoms with Crippen molar-refractivity contribution in [1.29, 1.82) is 0 Å². The van der Waals surface area contributed by atoms with Gasteiger partial charge in [-0.05, 0) is 36.8 Å². The first-order chi connectivity index (χ1) is 8.47. The fraction of sp³-hybridized carbons (Fsp3) is 0.167. The van der Waals surface area contributed by atoms with Crippen molar-refractivity contribution in [3.63, 3.8) is 0 Å². The highest BCUT2D eigenvalue weighted by molar-refractivity contribution is 7.94. The molecule has 2 aliphatic rings. The molecule has 0 aliphatic carbocycles. The van der Waals surface area contributed by atoms with Gasteiger partial charge in [0, 0.05) is 11.1 Å². The number of anilines is 1. The van der Waals surface area contributed by atoms with Crippen LogP contribution in [0.5, 0.6) is 0 Å². The lowest BCUT2D eigenvalue weighted by molar-refractivity contribution is -0.116. The average Bonchev–Trinajstić information content (AvgIpc) is 2.79. The van der Waals surface area contributed by atoms with Gasteiger partial charge in [0.25, 0.3) is 5.91 Å². The first-order valence-corrected chi connectivity index (χ1v) is 6.96. The predicted molar refractivity (Wildman–Crippen MR) is 67.9 cm³/mol. The van der Waals surface area contributed by atoms with Gasteiger partial charge >= 0.3 is 0 Å². The molecule has 0 fully saturated rings. The summed E-state index contributed by atoms with van der Waals surface area (Å²) in [5.41, 5.74) is 1.95. The van der Waals surface area contributed by atoms with E-state index in [-0.39, 0.29) is 10.8 Å². The fourth-order valence-corrected chi connectivity index (χ4v) is 3.24. The van der Waals surface area contributed by atoms with Crippen LogP contribution in [0.15, 0.2) is 33.6 Å². The van der Waals surface area contributed by atoms with Gasteiger partial charge in [-0.1, -0.05) is 0 Å². The standard InChI is InChI=1S/C12H10N2O3S/c1-8-6-12(15)14(13-8)10-2-3-11-9(7-10)4-5-18(11,16)17/h2-5,7H,6H2,1H3. The maximum atomic E-state index is 11.7. The van der Waals surface area contributed by atoms with Crippen molar-refractivity contribution in [3.8, 4) is 0 Å². The first kappa shape index (κ1) is 11.2. The van der Waals surface area contributed by atoms with E-state index < -0.39 is 9.84 Å². The van der Waals surface area contributed by atoms with Crippen LogP contribution in [0.2, 0.25) is 0 Å². The second-order valence-electron chi connectivity index (χ2n) is 4.29. The smallest absolute Gasteiger partial charge is 0.253 e. The summed E-state index contributed by atoms with van der Waals surface area (Å²) in [7, 11) is -3.29. The molecule has 0 spiro atoms. The zero-order valence-electron chi connectivity index (χ0n) is 9.62. The summed E-state index contributed by atoms with van der Waals surface area (Å²) < 4.78 is 23.2. The summed E-state index contributed by atoms with van der Waals surface area (Å²) in [6.07, 6.45) is 1.84. The molecule has 0 radical (unpaired) electrons. The molecule has 18 heavy (non-hydrogen) atoms. The average molecular weight is 262 g/mol. The largest absolute Gasteiger partial charge is 0.272 e. The van der Waals surface area contributed by atoms with Crippen LogP contribution in [0.25, 0.3) is 6.08 Å². The Labute approximate surface area is 104 Å². The Bertz CT molecular complexity index is 717. The second kappa shape index (κ2) is 3.52. The van der Waals surface area contributed by atoms with Gasteiger partial charge in [-0.25, -0.2) is 13.4 Å². The van der Waals surface area contributed by atoms with Crippen LogP contribution in [0.4, 0.5) is 5.69 Å². The predicted octanol–water partition coefficient (Wildman–Crippen LogP) is 1.56. The third-order valence-corrected chi connectivity index (χ3v) is 4.36. The number of hydrogen-bond donors (Lipinski definition) is 0. The Kier molecular flexibility index (Phi) is 2.18. The molecule has 0 aromatic heterocycles. The van der Waals surface area contributed by atoms with Gasteiger partial charge in [0.05, 0.1) is 17.0 Å². The lowest BCUT2D eigenvalue weighted by Gasteiger charge is -2.12. The number of hydrazone groups is 1. The van der Waals surface area contributed by atoms with Crippen LogP contribution < -0.4 is 5.01 Å². The molecule has 2 heterocycles. The number of amides is 1. The lowest BCUT2D eigenvalue weighted by Crippen LogP contribution is -2.19. The van der Waals surface area contributed by atoms with Gasteiger partial charge in [-0.3, -0.25) is 4.79 Å². The van der Waals surface area contributed by atoms with E-state index in [4.69, 9.17) is 0 Å². The van der Waals surface area contributed by atoms with Gasteiger partial charge in [0.1, 0.15) is 0 Å². The van der Waals surface area contributed by atoms with Crippen molar-refractivity contribution in [3.05, 3.63) is 29.2 Å². The van der Waals surface area contributed by atoms with Crippen LogP contribution in [-0.4, -0.2) is 20.0 Å². The molecular formula is C12H10N2O3S. The van der Waals surface area contributed by atoms with Crippen molar-refractivity contribution in [2.75, 3.05) is 5.01 Å². The molecule has 6 heteroatoms. The number of benzene rings is 1. The highest BCUT2D eigenvalue weighted by Gasteiger charge is 2.26. The third kappa shape index (κ3) is 1.57. The van der Waals surface area contributed by atoms with Crippen LogP contribution in [-0.2, 0) is 14.6 Å². The monoisotopic (exact) mass is 262 g/mol. The molecule has 1 aromatic carbocycles. The molecular weight excluding hydrogens is 252 g/mol. The van der Waals surface area contributed by atoms with Gasteiger partial charge < -0.3 is 0 Å². The number of fused-ring (bicyclic) bond motifs is 1. The van der Waals surface area contributed by atoms with Crippen LogP contribution >= 0.6 is 0 Å². The highest BCUT2D eigenvalue weighted by atomic mass is 32.2. The van der Waals surface area contributed by atoms with Gasteiger partial charge in [0.2, 0.25) is 0 Å². The quantitative estimate of drug-likeness (QED) is 0.771. The van der Waals surface area contributed by atoms with Crippen LogP contribution in [0.3, 0.4) is 0 Å². The van der Waals surface area contributed by atoms with E-state index in [0.717, 1.165) is 5.71 Å². The van der Waals surface area contributed by atoms with Crippen molar-refractivity contribution in [2.24, 2.45) is 5.10 Å². The third-order valence-electron chi connectivity index (χ3n) is 2.89. The zero-order valence-corrected chi connectivity index (χ0v) is 10.4. The fourth-order valence-electron chi connectivity index (χ4n) is 2.05. The van der Waals surface area contributed by atoms with Gasteiger partial charge in [-0.15, -0.1) is 0 Å². The maximum Gasteiger partial charge on any atom is 0.253 e. The molecule has 1 amide bonds. The lowest BCUT2D eigenvalue weighted by atomic mass is 10.2. The van der Waals surface area contributed by atoms with Gasteiger partial charge in [0.15, 0.2) is 9.84 Å². The molecule has 2 aliphatic heterocycles. The number of rotatable bonds is 1. The minimum absolute atomic E-state index is 0.0997. The Morgan fingerprint density at radius 3 is 2.78 bits per heavy atom. The molecule has 1 aromatic rings. The number of nitrogens with zero attached hydrogens (tertiary/aromatic N) is 2. The number of sulfone groups is 1. The Balaban J connectivity index is 2.08. The normalized spacial score (nSPS) is 20.2. The van der Waals surface area contributed by atoms with E-state index in [2.05, 4.69) is 5.10 Å². The molecule has 0 bridgehead atoms. The summed E-state index contributed by atoms with van der Waals surface area (Å²) in [5.74, 6) is -0.0997. The summed E-state index contributed by atoms with van der Waals surface area (Å²) in [5, 5.41) is 6.61.